The first-order valence-electron chi connectivity index (χ1n) is 4.87. The molecule has 0 saturated heterocycles. The molecular formula is C10H14N4O. The van der Waals surface area contributed by atoms with E-state index in [1.807, 2.05) is 23.7 Å². The maximum atomic E-state index is 5.29. The zero-order chi connectivity index (χ0) is 10.7. The number of hydrogen-bond donors (Lipinski definition) is 1. The molecule has 1 N–H and O–H groups in total. The van der Waals surface area contributed by atoms with Gasteiger partial charge in [0.15, 0.2) is 0 Å². The fourth-order valence-corrected chi connectivity index (χ4v) is 1.35. The Labute approximate surface area is 88.1 Å². The highest BCUT2D eigenvalue weighted by molar-refractivity contribution is 5.03. The minimum Gasteiger partial charge on any atom is -0.468 e. The number of rotatable bonds is 4. The summed E-state index contributed by atoms with van der Waals surface area (Å²) in [6.45, 7) is 2.73. The van der Waals surface area contributed by atoms with Crippen molar-refractivity contribution in [3.05, 3.63) is 36.3 Å². The average molecular weight is 206 g/mol. The number of aryl methyl sites for hydroxylation is 1. The van der Waals surface area contributed by atoms with Gasteiger partial charge in [0.1, 0.15) is 17.9 Å². The molecule has 0 spiro atoms. The quantitative estimate of drug-likeness (QED) is 0.818. The zero-order valence-electron chi connectivity index (χ0n) is 8.84. The molecule has 2 rings (SSSR count). The predicted octanol–water partition coefficient (Wildman–Crippen LogP) is 1.26. The number of aromatic nitrogens is 3. The third kappa shape index (κ3) is 2.24. The van der Waals surface area contributed by atoms with Crippen molar-refractivity contribution in [3.8, 4) is 0 Å². The lowest BCUT2D eigenvalue weighted by Gasteiger charge is -2.10. The fourth-order valence-electron chi connectivity index (χ4n) is 1.35. The molecule has 0 radical (unpaired) electrons. The first-order chi connectivity index (χ1) is 7.27. The number of nitrogens with one attached hydrogen (secondary N) is 1. The van der Waals surface area contributed by atoms with Gasteiger partial charge in [-0.3, -0.25) is 0 Å². The van der Waals surface area contributed by atoms with E-state index in [9.17, 15) is 0 Å². The maximum Gasteiger partial charge on any atom is 0.146 e. The second-order valence-corrected chi connectivity index (χ2v) is 3.48. The molecule has 2 heterocycles. The van der Waals surface area contributed by atoms with Crippen LogP contribution >= 0.6 is 0 Å². The number of nitrogens with zero attached hydrogens (tertiary/aromatic N) is 3. The Hall–Kier alpha value is -1.62. The molecule has 15 heavy (non-hydrogen) atoms. The standard InChI is InChI=1S/C10H14N4O/c1-8(9-4-3-5-15-9)11-6-10-13-12-7-14(10)2/h3-5,7-8,11H,6H2,1-2H3. The summed E-state index contributed by atoms with van der Waals surface area (Å²) in [5, 5.41) is 11.1. The molecule has 1 unspecified atom stereocenters. The van der Waals surface area contributed by atoms with Crippen LogP contribution in [0.4, 0.5) is 0 Å². The summed E-state index contributed by atoms with van der Waals surface area (Å²) in [7, 11) is 1.93. The van der Waals surface area contributed by atoms with Crippen molar-refractivity contribution in [2.45, 2.75) is 19.5 Å². The SMILES string of the molecule is CC(NCc1nncn1C)c1ccco1. The molecule has 0 bridgehead atoms. The van der Waals surface area contributed by atoms with Crippen molar-refractivity contribution in [3.63, 3.8) is 0 Å². The lowest BCUT2D eigenvalue weighted by molar-refractivity contribution is 0.425. The van der Waals surface area contributed by atoms with Gasteiger partial charge >= 0.3 is 0 Å². The topological polar surface area (TPSA) is 55.9 Å². The van der Waals surface area contributed by atoms with Crippen LogP contribution in [0.1, 0.15) is 24.6 Å². The highest BCUT2D eigenvalue weighted by Gasteiger charge is 2.08. The van der Waals surface area contributed by atoms with E-state index < -0.39 is 0 Å². The molecule has 0 fully saturated rings. The molecule has 2 aromatic heterocycles. The van der Waals surface area contributed by atoms with Gasteiger partial charge in [-0.05, 0) is 19.1 Å². The van der Waals surface area contributed by atoms with Crippen LogP contribution in [0.15, 0.2) is 29.1 Å². The first-order valence-corrected chi connectivity index (χ1v) is 4.87. The molecule has 5 nitrogen and oxygen atoms in total. The van der Waals surface area contributed by atoms with E-state index in [1.54, 1.807) is 12.6 Å². The van der Waals surface area contributed by atoms with E-state index in [4.69, 9.17) is 4.42 Å². The highest BCUT2D eigenvalue weighted by atomic mass is 16.3. The first kappa shape index (κ1) is 9.92. The Balaban J connectivity index is 1.91. The van der Waals surface area contributed by atoms with E-state index in [0.29, 0.717) is 6.54 Å². The molecule has 0 aliphatic carbocycles. The summed E-state index contributed by atoms with van der Waals surface area (Å²) >= 11 is 0. The monoisotopic (exact) mass is 206 g/mol. The van der Waals surface area contributed by atoms with Crippen LogP contribution in [0.2, 0.25) is 0 Å². The van der Waals surface area contributed by atoms with E-state index in [0.717, 1.165) is 11.6 Å². The molecule has 0 aliphatic heterocycles. The van der Waals surface area contributed by atoms with E-state index in [-0.39, 0.29) is 6.04 Å². The Morgan fingerprint density at radius 1 is 1.60 bits per heavy atom. The molecule has 1 atom stereocenters. The van der Waals surface area contributed by atoms with Gasteiger partial charge < -0.3 is 14.3 Å². The lowest BCUT2D eigenvalue weighted by atomic mass is 10.2. The Morgan fingerprint density at radius 3 is 3.07 bits per heavy atom. The Kier molecular flexibility index (Phi) is 2.82. The Bertz CT molecular complexity index is 407. The minimum atomic E-state index is 0.178. The number of furan rings is 1. The smallest absolute Gasteiger partial charge is 0.146 e. The molecule has 0 aromatic carbocycles. The van der Waals surface area contributed by atoms with Gasteiger partial charge in [0.25, 0.3) is 0 Å². The van der Waals surface area contributed by atoms with Crippen molar-refractivity contribution in [2.75, 3.05) is 0 Å². The van der Waals surface area contributed by atoms with Gasteiger partial charge in [0.05, 0.1) is 18.8 Å². The molecule has 0 amide bonds. The summed E-state index contributed by atoms with van der Waals surface area (Å²) in [4.78, 5) is 0. The van der Waals surface area contributed by atoms with Crippen LogP contribution in [0, 0.1) is 0 Å². The summed E-state index contributed by atoms with van der Waals surface area (Å²) in [6, 6.07) is 4.01. The van der Waals surface area contributed by atoms with Gasteiger partial charge in [-0.2, -0.15) is 0 Å². The van der Waals surface area contributed by atoms with Gasteiger partial charge in [-0.1, -0.05) is 0 Å². The molecule has 0 aliphatic rings. The van der Waals surface area contributed by atoms with Crippen molar-refractivity contribution in [1.29, 1.82) is 0 Å². The third-order valence-electron chi connectivity index (χ3n) is 2.34. The van der Waals surface area contributed by atoms with Crippen LogP contribution in [0.25, 0.3) is 0 Å². The van der Waals surface area contributed by atoms with Crippen molar-refractivity contribution in [1.82, 2.24) is 20.1 Å². The largest absolute Gasteiger partial charge is 0.468 e. The normalized spacial score (nSPS) is 12.9. The molecule has 2 aromatic rings. The van der Waals surface area contributed by atoms with Gasteiger partial charge in [0.2, 0.25) is 0 Å². The number of hydrogen-bond acceptors (Lipinski definition) is 4. The van der Waals surface area contributed by atoms with Gasteiger partial charge in [-0.25, -0.2) is 0 Å². The third-order valence-corrected chi connectivity index (χ3v) is 2.34. The van der Waals surface area contributed by atoms with Crippen LogP contribution < -0.4 is 5.32 Å². The summed E-state index contributed by atoms with van der Waals surface area (Å²) < 4.78 is 7.18. The second-order valence-electron chi connectivity index (χ2n) is 3.48. The Morgan fingerprint density at radius 2 is 2.47 bits per heavy atom. The van der Waals surface area contributed by atoms with E-state index >= 15 is 0 Å². The minimum absolute atomic E-state index is 0.178. The van der Waals surface area contributed by atoms with Gasteiger partial charge in [0, 0.05) is 7.05 Å². The zero-order valence-corrected chi connectivity index (χ0v) is 8.84. The maximum absolute atomic E-state index is 5.29. The van der Waals surface area contributed by atoms with Crippen molar-refractivity contribution < 1.29 is 4.42 Å². The molecular weight excluding hydrogens is 192 g/mol. The second kappa shape index (κ2) is 4.27. The van der Waals surface area contributed by atoms with Gasteiger partial charge in [-0.15, -0.1) is 10.2 Å². The summed E-state index contributed by atoms with van der Waals surface area (Å²) in [6.07, 6.45) is 3.37. The van der Waals surface area contributed by atoms with Crippen LogP contribution in [0.5, 0.6) is 0 Å². The summed E-state index contributed by atoms with van der Waals surface area (Å²) in [5.41, 5.74) is 0. The fraction of sp³-hybridized carbons (Fsp3) is 0.400. The van der Waals surface area contributed by atoms with E-state index in [1.165, 1.54) is 0 Å². The molecule has 0 saturated carbocycles. The highest BCUT2D eigenvalue weighted by Crippen LogP contribution is 2.12. The van der Waals surface area contributed by atoms with Crippen LogP contribution in [-0.2, 0) is 13.6 Å². The summed E-state index contributed by atoms with van der Waals surface area (Å²) in [5.74, 6) is 1.84. The van der Waals surface area contributed by atoms with Crippen LogP contribution in [-0.4, -0.2) is 14.8 Å². The van der Waals surface area contributed by atoms with E-state index in [2.05, 4.69) is 22.4 Å². The lowest BCUT2D eigenvalue weighted by Crippen LogP contribution is -2.19. The van der Waals surface area contributed by atoms with Crippen LogP contribution in [0.3, 0.4) is 0 Å². The predicted molar refractivity (Wildman–Crippen MR) is 55.0 cm³/mol. The van der Waals surface area contributed by atoms with Crippen molar-refractivity contribution in [2.24, 2.45) is 7.05 Å². The van der Waals surface area contributed by atoms with Crippen molar-refractivity contribution >= 4 is 0 Å². The molecule has 5 heteroatoms. The molecule has 80 valence electrons. The average Bonchev–Trinajstić information content (AvgIpc) is 2.85.